The first-order valence-corrected chi connectivity index (χ1v) is 4.25. The van der Waals surface area contributed by atoms with Crippen molar-refractivity contribution in [2.45, 2.75) is 20.8 Å². The molecule has 1 heterocycles. The van der Waals surface area contributed by atoms with Crippen LogP contribution in [0, 0.1) is 17.3 Å². The lowest BCUT2D eigenvalue weighted by molar-refractivity contribution is 0.571. The Balaban J connectivity index is 2.74. The van der Waals surface area contributed by atoms with E-state index in [1.807, 2.05) is 0 Å². The van der Waals surface area contributed by atoms with Gasteiger partial charge in [-0.25, -0.2) is 0 Å². The molecule has 0 fully saturated rings. The number of hydrogen-bond donors (Lipinski definition) is 0. The molecule has 1 rings (SSSR count). The number of nitrogens with zero attached hydrogens (tertiary/aromatic N) is 2. The third-order valence-electron chi connectivity index (χ3n) is 0.904. The van der Waals surface area contributed by atoms with Crippen molar-refractivity contribution in [2.75, 3.05) is 0 Å². The van der Waals surface area contributed by atoms with Gasteiger partial charge in [0.25, 0.3) is 0 Å². The zero-order chi connectivity index (χ0) is 8.32. The van der Waals surface area contributed by atoms with Crippen LogP contribution in [0.4, 0.5) is 0 Å². The summed E-state index contributed by atoms with van der Waals surface area (Å²) in [6.45, 7) is 6.21. The van der Waals surface area contributed by atoms with Gasteiger partial charge >= 0.3 is 0 Å². The van der Waals surface area contributed by atoms with Crippen molar-refractivity contribution in [3.63, 3.8) is 0 Å². The van der Waals surface area contributed by atoms with Crippen molar-refractivity contribution >= 4 is 11.3 Å². The van der Waals surface area contributed by atoms with Crippen LogP contribution in [0.2, 0.25) is 0 Å². The summed E-state index contributed by atoms with van der Waals surface area (Å²) in [7, 11) is 0. The van der Waals surface area contributed by atoms with Crippen molar-refractivity contribution in [3.8, 4) is 11.8 Å². The van der Waals surface area contributed by atoms with Gasteiger partial charge in [0, 0.05) is 5.41 Å². The highest BCUT2D eigenvalue weighted by Crippen LogP contribution is 2.10. The Labute approximate surface area is 70.7 Å². The topological polar surface area (TPSA) is 25.8 Å². The molecule has 0 saturated carbocycles. The highest BCUT2D eigenvalue weighted by Gasteiger charge is 2.03. The minimum atomic E-state index is 0.0473. The first-order valence-electron chi connectivity index (χ1n) is 3.37. The van der Waals surface area contributed by atoms with Crippen molar-refractivity contribution < 1.29 is 0 Å². The second-order valence-corrected chi connectivity index (χ2v) is 4.08. The Morgan fingerprint density at radius 2 is 2.18 bits per heavy atom. The molecular formula is C8H10N2S. The van der Waals surface area contributed by atoms with Crippen LogP contribution in [0.3, 0.4) is 0 Å². The van der Waals surface area contributed by atoms with Gasteiger partial charge in [-0.05, 0) is 26.7 Å². The molecular weight excluding hydrogens is 156 g/mol. The Morgan fingerprint density at radius 1 is 1.45 bits per heavy atom. The van der Waals surface area contributed by atoms with Gasteiger partial charge < -0.3 is 0 Å². The summed E-state index contributed by atoms with van der Waals surface area (Å²) in [5, 5.41) is 8.29. The lowest BCUT2D eigenvalue weighted by Crippen LogP contribution is -1.99. The standard InChI is InChI=1S/C8H10N2S/c1-8(2,3)5-4-7-10-9-6-11-7/h6H,1-3H3. The molecule has 0 aliphatic rings. The summed E-state index contributed by atoms with van der Waals surface area (Å²) in [6, 6.07) is 0. The molecule has 0 spiro atoms. The molecule has 58 valence electrons. The minimum Gasteiger partial charge on any atom is -0.146 e. The largest absolute Gasteiger partial charge is 0.190 e. The molecule has 3 heteroatoms. The molecule has 1 aromatic rings. The Kier molecular flexibility index (Phi) is 2.25. The fourth-order valence-corrected chi connectivity index (χ4v) is 0.867. The molecule has 0 bridgehead atoms. The van der Waals surface area contributed by atoms with Gasteiger partial charge in [-0.2, -0.15) is 0 Å². The first kappa shape index (κ1) is 8.22. The number of rotatable bonds is 0. The van der Waals surface area contributed by atoms with Crippen LogP contribution in [0.1, 0.15) is 25.8 Å². The van der Waals surface area contributed by atoms with Crippen LogP contribution in [0.15, 0.2) is 5.51 Å². The average molecular weight is 166 g/mol. The van der Waals surface area contributed by atoms with Crippen LogP contribution in [0.5, 0.6) is 0 Å². The maximum absolute atomic E-state index is 3.81. The van der Waals surface area contributed by atoms with Crippen molar-refractivity contribution in [1.29, 1.82) is 0 Å². The Bertz CT molecular complexity index is 271. The summed E-state index contributed by atoms with van der Waals surface area (Å²) < 4.78 is 0. The minimum absolute atomic E-state index is 0.0473. The predicted octanol–water partition coefficient (Wildman–Crippen LogP) is 1.94. The molecule has 0 radical (unpaired) electrons. The lowest BCUT2D eigenvalue weighted by Gasteiger charge is -2.05. The molecule has 0 atom stereocenters. The van der Waals surface area contributed by atoms with Gasteiger partial charge in [-0.15, -0.1) is 10.2 Å². The molecule has 0 saturated heterocycles. The van der Waals surface area contributed by atoms with Gasteiger partial charge in [-0.3, -0.25) is 0 Å². The second-order valence-electron chi connectivity index (χ2n) is 3.24. The molecule has 0 aliphatic carbocycles. The highest BCUT2D eigenvalue weighted by molar-refractivity contribution is 7.09. The zero-order valence-corrected chi connectivity index (χ0v) is 7.70. The maximum Gasteiger partial charge on any atom is 0.190 e. The van der Waals surface area contributed by atoms with E-state index in [1.54, 1.807) is 5.51 Å². The van der Waals surface area contributed by atoms with E-state index in [1.165, 1.54) is 11.3 Å². The van der Waals surface area contributed by atoms with Gasteiger partial charge in [0.15, 0.2) is 5.01 Å². The van der Waals surface area contributed by atoms with Crippen LogP contribution < -0.4 is 0 Å². The zero-order valence-electron chi connectivity index (χ0n) is 6.88. The van der Waals surface area contributed by atoms with Gasteiger partial charge in [0.1, 0.15) is 5.51 Å². The molecule has 0 unspecified atom stereocenters. The highest BCUT2D eigenvalue weighted by atomic mass is 32.1. The monoisotopic (exact) mass is 166 g/mol. The van der Waals surface area contributed by atoms with Gasteiger partial charge in [0.05, 0.1) is 0 Å². The summed E-state index contributed by atoms with van der Waals surface area (Å²) >= 11 is 1.47. The molecule has 0 aromatic carbocycles. The van der Waals surface area contributed by atoms with Crippen LogP contribution >= 0.6 is 11.3 Å². The summed E-state index contributed by atoms with van der Waals surface area (Å²) in [6.07, 6.45) is 0. The van der Waals surface area contributed by atoms with Gasteiger partial charge in [0.2, 0.25) is 0 Å². The molecule has 2 nitrogen and oxygen atoms in total. The van der Waals surface area contributed by atoms with Crippen molar-refractivity contribution in [1.82, 2.24) is 10.2 Å². The third kappa shape index (κ3) is 3.15. The van der Waals surface area contributed by atoms with E-state index >= 15 is 0 Å². The summed E-state index contributed by atoms with van der Waals surface area (Å²) in [4.78, 5) is 0. The molecule has 0 N–H and O–H groups in total. The van der Waals surface area contributed by atoms with Crippen LogP contribution in [-0.4, -0.2) is 10.2 Å². The van der Waals surface area contributed by atoms with E-state index in [-0.39, 0.29) is 5.41 Å². The van der Waals surface area contributed by atoms with E-state index in [0.29, 0.717) is 0 Å². The molecule has 0 aliphatic heterocycles. The van der Waals surface area contributed by atoms with Crippen molar-refractivity contribution in [2.24, 2.45) is 5.41 Å². The van der Waals surface area contributed by atoms with Crippen LogP contribution in [-0.2, 0) is 0 Å². The Morgan fingerprint density at radius 3 is 2.64 bits per heavy atom. The smallest absolute Gasteiger partial charge is 0.146 e. The van der Waals surface area contributed by atoms with E-state index in [2.05, 4.69) is 42.8 Å². The lowest BCUT2D eigenvalue weighted by atomic mass is 9.98. The van der Waals surface area contributed by atoms with E-state index in [4.69, 9.17) is 0 Å². The van der Waals surface area contributed by atoms with E-state index in [0.717, 1.165) is 5.01 Å². The van der Waals surface area contributed by atoms with Gasteiger partial charge in [-0.1, -0.05) is 17.3 Å². The maximum atomic E-state index is 3.81. The van der Waals surface area contributed by atoms with E-state index < -0.39 is 0 Å². The van der Waals surface area contributed by atoms with Crippen molar-refractivity contribution in [3.05, 3.63) is 10.5 Å². The normalized spacial score (nSPS) is 10.5. The SMILES string of the molecule is CC(C)(C)C#Cc1nncs1. The predicted molar refractivity (Wildman–Crippen MR) is 46.2 cm³/mol. The van der Waals surface area contributed by atoms with Crippen LogP contribution in [0.25, 0.3) is 0 Å². The number of hydrogen-bond acceptors (Lipinski definition) is 3. The molecule has 11 heavy (non-hydrogen) atoms. The fourth-order valence-electron chi connectivity index (χ4n) is 0.469. The molecule has 0 amide bonds. The third-order valence-corrected chi connectivity index (χ3v) is 1.51. The quantitative estimate of drug-likeness (QED) is 0.550. The Hall–Kier alpha value is -0.880. The number of aromatic nitrogens is 2. The average Bonchev–Trinajstić information content (AvgIpc) is 2.32. The van der Waals surface area contributed by atoms with E-state index in [9.17, 15) is 0 Å². The summed E-state index contributed by atoms with van der Waals surface area (Å²) in [5.41, 5.74) is 1.73. The summed E-state index contributed by atoms with van der Waals surface area (Å²) in [5.74, 6) is 6.04. The first-order chi connectivity index (χ1) is 5.08. The molecule has 1 aromatic heterocycles. The second kappa shape index (κ2) is 3.02. The fraction of sp³-hybridized carbons (Fsp3) is 0.500.